The van der Waals surface area contributed by atoms with E-state index in [1.165, 1.54) is 0 Å². The highest BCUT2D eigenvalue weighted by Crippen LogP contribution is 2.23. The molecule has 1 N–H and O–H groups in total. The third-order valence-corrected chi connectivity index (χ3v) is 8.01. The summed E-state index contributed by atoms with van der Waals surface area (Å²) in [7, 11) is -3.49. The van der Waals surface area contributed by atoms with Gasteiger partial charge in [-0.05, 0) is 68.0 Å². The highest BCUT2D eigenvalue weighted by Gasteiger charge is 2.29. The Morgan fingerprint density at radius 1 is 1.00 bits per heavy atom. The summed E-state index contributed by atoms with van der Waals surface area (Å²) in [4.78, 5) is 29.8. The van der Waals surface area contributed by atoms with E-state index in [4.69, 9.17) is 0 Å². The third-order valence-electron chi connectivity index (χ3n) is 6.47. The van der Waals surface area contributed by atoms with Crippen LogP contribution in [0.4, 0.5) is 0 Å². The summed E-state index contributed by atoms with van der Waals surface area (Å²) in [5.74, 6) is -0.0260. The number of rotatable bonds is 9. The molecule has 0 aromatic heterocycles. The van der Waals surface area contributed by atoms with Gasteiger partial charge in [0.25, 0.3) is 5.91 Å². The molecule has 2 aliphatic rings. The number of sulfonamides is 1. The van der Waals surface area contributed by atoms with E-state index in [2.05, 4.69) is 4.72 Å². The number of carbonyl (C=O) groups is 2. The lowest BCUT2D eigenvalue weighted by molar-refractivity contribution is -0.129. The van der Waals surface area contributed by atoms with Gasteiger partial charge in [-0.2, -0.15) is 0 Å². The van der Waals surface area contributed by atoms with Gasteiger partial charge < -0.3 is 9.80 Å². The van der Waals surface area contributed by atoms with E-state index in [1.54, 1.807) is 36.4 Å². The fourth-order valence-electron chi connectivity index (χ4n) is 4.37. The van der Waals surface area contributed by atoms with Crippen molar-refractivity contribution in [2.24, 2.45) is 0 Å². The number of benzene rings is 2. The zero-order chi connectivity index (χ0) is 24.8. The van der Waals surface area contributed by atoms with Crippen LogP contribution in [0.15, 0.2) is 65.6 Å². The Hall–Kier alpha value is -2.97. The van der Waals surface area contributed by atoms with Gasteiger partial charge in [0.1, 0.15) is 0 Å². The Bertz CT molecular complexity index is 1150. The van der Waals surface area contributed by atoms with Gasteiger partial charge in [0, 0.05) is 43.4 Å². The van der Waals surface area contributed by atoms with Crippen molar-refractivity contribution in [1.29, 1.82) is 0 Å². The molecule has 0 atom stereocenters. The average molecular weight is 496 g/mol. The second-order valence-electron chi connectivity index (χ2n) is 9.22. The molecule has 0 unspecified atom stereocenters. The van der Waals surface area contributed by atoms with Crippen LogP contribution in [0.2, 0.25) is 0 Å². The summed E-state index contributed by atoms with van der Waals surface area (Å²) >= 11 is 0. The molecule has 2 fully saturated rings. The number of nitrogens with zero attached hydrogens (tertiary/aromatic N) is 2. The van der Waals surface area contributed by atoms with Crippen LogP contribution in [-0.4, -0.2) is 61.7 Å². The van der Waals surface area contributed by atoms with Crippen LogP contribution < -0.4 is 4.72 Å². The summed E-state index contributed by atoms with van der Waals surface area (Å²) in [6.45, 7) is 3.96. The summed E-state index contributed by atoms with van der Waals surface area (Å²) in [5, 5.41) is 0. The second kappa shape index (κ2) is 11.2. The van der Waals surface area contributed by atoms with Crippen LogP contribution in [-0.2, 0) is 14.8 Å². The molecule has 4 rings (SSSR count). The lowest BCUT2D eigenvalue weighted by Gasteiger charge is -2.38. The molecule has 35 heavy (non-hydrogen) atoms. The lowest BCUT2D eigenvalue weighted by Crippen LogP contribution is -2.48. The lowest BCUT2D eigenvalue weighted by atomic mass is 10.0. The Morgan fingerprint density at radius 3 is 2.26 bits per heavy atom. The Labute approximate surface area is 207 Å². The van der Waals surface area contributed by atoms with Crippen molar-refractivity contribution in [3.8, 4) is 0 Å². The van der Waals surface area contributed by atoms with Crippen molar-refractivity contribution < 1.29 is 18.0 Å². The monoisotopic (exact) mass is 495 g/mol. The normalized spacial score (nSPS) is 17.0. The number of amides is 2. The van der Waals surface area contributed by atoms with Crippen LogP contribution in [0, 0.1) is 0 Å². The van der Waals surface area contributed by atoms with E-state index >= 15 is 0 Å². The molecule has 186 valence electrons. The minimum Gasteiger partial charge on any atom is -0.338 e. The molecule has 1 saturated carbocycles. The van der Waals surface area contributed by atoms with E-state index in [0.717, 1.165) is 37.7 Å². The van der Waals surface area contributed by atoms with Gasteiger partial charge in [0.15, 0.2) is 0 Å². The van der Waals surface area contributed by atoms with E-state index in [-0.39, 0.29) is 28.8 Å². The van der Waals surface area contributed by atoms with Crippen LogP contribution in [0.3, 0.4) is 0 Å². The molecule has 1 heterocycles. The van der Waals surface area contributed by atoms with E-state index in [9.17, 15) is 18.0 Å². The highest BCUT2D eigenvalue weighted by molar-refractivity contribution is 7.89. The molecular formula is C27H33N3O4S. The quantitative estimate of drug-likeness (QED) is 0.538. The van der Waals surface area contributed by atoms with Crippen molar-refractivity contribution in [3.63, 3.8) is 0 Å². The summed E-state index contributed by atoms with van der Waals surface area (Å²) in [6.07, 6.45) is 7.41. The molecule has 8 heteroatoms. The van der Waals surface area contributed by atoms with Gasteiger partial charge in [-0.1, -0.05) is 37.3 Å². The van der Waals surface area contributed by atoms with Crippen LogP contribution in [0.25, 0.3) is 6.08 Å². The SMILES string of the molecule is CCCN(C(=O)/C=C/c1ccc(S(=O)(=O)NC2CC2)cc1)C1CCN(C(=O)c2ccccc2)CC1. The molecule has 1 saturated heterocycles. The molecule has 0 bridgehead atoms. The maximum Gasteiger partial charge on any atom is 0.253 e. The third kappa shape index (κ3) is 6.58. The van der Waals surface area contributed by atoms with Gasteiger partial charge >= 0.3 is 0 Å². The zero-order valence-corrected chi connectivity index (χ0v) is 20.9. The number of likely N-dealkylation sites (tertiary alicyclic amines) is 1. The fourth-order valence-corrected chi connectivity index (χ4v) is 5.67. The largest absolute Gasteiger partial charge is 0.338 e. The predicted molar refractivity (Wildman–Crippen MR) is 136 cm³/mol. The molecule has 2 aromatic carbocycles. The Balaban J connectivity index is 1.35. The fraction of sp³-hybridized carbons (Fsp3) is 0.407. The minimum absolute atomic E-state index is 0.0371. The molecular weight excluding hydrogens is 462 g/mol. The summed E-state index contributed by atoms with van der Waals surface area (Å²) < 4.78 is 27.3. The summed E-state index contributed by atoms with van der Waals surface area (Å²) in [5.41, 5.74) is 1.46. The van der Waals surface area contributed by atoms with Crippen molar-refractivity contribution in [1.82, 2.24) is 14.5 Å². The van der Waals surface area contributed by atoms with Crippen molar-refractivity contribution in [3.05, 3.63) is 71.8 Å². The van der Waals surface area contributed by atoms with Crippen molar-refractivity contribution >= 4 is 27.9 Å². The number of hydrogen-bond acceptors (Lipinski definition) is 4. The number of carbonyl (C=O) groups excluding carboxylic acids is 2. The average Bonchev–Trinajstić information content (AvgIpc) is 3.69. The van der Waals surface area contributed by atoms with E-state index in [0.29, 0.717) is 25.2 Å². The highest BCUT2D eigenvalue weighted by atomic mass is 32.2. The first-order valence-corrected chi connectivity index (χ1v) is 13.8. The van der Waals surface area contributed by atoms with Gasteiger partial charge in [-0.25, -0.2) is 13.1 Å². The molecule has 1 aliphatic carbocycles. The van der Waals surface area contributed by atoms with Crippen molar-refractivity contribution in [2.75, 3.05) is 19.6 Å². The van der Waals surface area contributed by atoms with E-state index < -0.39 is 10.0 Å². The Morgan fingerprint density at radius 2 is 1.66 bits per heavy atom. The van der Waals surface area contributed by atoms with Gasteiger partial charge in [0.2, 0.25) is 15.9 Å². The molecule has 2 amide bonds. The summed E-state index contributed by atoms with van der Waals surface area (Å²) in [6, 6.07) is 16.0. The molecule has 2 aromatic rings. The first kappa shape index (κ1) is 25.1. The predicted octanol–water partition coefficient (Wildman–Crippen LogP) is 3.68. The topological polar surface area (TPSA) is 86.8 Å². The minimum atomic E-state index is -3.49. The first-order chi connectivity index (χ1) is 16.9. The van der Waals surface area contributed by atoms with Gasteiger partial charge in [-0.15, -0.1) is 0 Å². The zero-order valence-electron chi connectivity index (χ0n) is 20.1. The van der Waals surface area contributed by atoms with Crippen LogP contribution >= 0.6 is 0 Å². The second-order valence-corrected chi connectivity index (χ2v) is 10.9. The maximum atomic E-state index is 13.0. The standard InChI is InChI=1S/C27H33N3O4S/c1-2-18-30(24-16-19-29(20-17-24)27(32)22-6-4-3-5-7-22)26(31)15-10-21-8-13-25(14-9-21)35(33,34)28-23-11-12-23/h3-10,13-15,23-24,28H,2,11-12,16-20H2,1H3/b15-10+. The smallest absolute Gasteiger partial charge is 0.253 e. The van der Waals surface area contributed by atoms with Crippen LogP contribution in [0.5, 0.6) is 0 Å². The molecule has 7 nitrogen and oxygen atoms in total. The molecule has 0 spiro atoms. The van der Waals surface area contributed by atoms with Crippen molar-refractivity contribution in [2.45, 2.75) is 56.0 Å². The van der Waals surface area contributed by atoms with Gasteiger partial charge in [-0.3, -0.25) is 9.59 Å². The van der Waals surface area contributed by atoms with Gasteiger partial charge in [0.05, 0.1) is 4.90 Å². The number of hydrogen-bond donors (Lipinski definition) is 1. The molecule has 1 aliphatic heterocycles. The van der Waals surface area contributed by atoms with E-state index in [1.807, 2.05) is 47.1 Å². The molecule has 0 radical (unpaired) electrons. The maximum absolute atomic E-state index is 13.0. The Kier molecular flexibility index (Phi) is 8.03. The number of nitrogens with one attached hydrogen (secondary N) is 1. The van der Waals surface area contributed by atoms with Crippen LogP contribution in [0.1, 0.15) is 54.9 Å². The number of piperidine rings is 1. The first-order valence-electron chi connectivity index (χ1n) is 12.3.